The third kappa shape index (κ3) is 4.00. The van der Waals surface area contributed by atoms with Gasteiger partial charge in [0.15, 0.2) is 6.10 Å². The molecule has 0 spiro atoms. The zero-order valence-electron chi connectivity index (χ0n) is 14.2. The van der Waals surface area contributed by atoms with E-state index in [2.05, 4.69) is 4.98 Å². The quantitative estimate of drug-likeness (QED) is 0.533. The van der Waals surface area contributed by atoms with Crippen molar-refractivity contribution in [1.29, 1.82) is 0 Å². The number of nitrogens with zero attached hydrogens (tertiary/aromatic N) is 1. The van der Waals surface area contributed by atoms with Gasteiger partial charge in [0, 0.05) is 21.0 Å². The van der Waals surface area contributed by atoms with Crippen LogP contribution in [0.3, 0.4) is 0 Å². The van der Waals surface area contributed by atoms with E-state index in [0.717, 1.165) is 6.92 Å². The summed E-state index contributed by atoms with van der Waals surface area (Å²) >= 11 is 12.1. The minimum absolute atomic E-state index is 0.117. The Bertz CT molecular complexity index is 1070. The van der Waals surface area contributed by atoms with Crippen molar-refractivity contribution in [2.75, 3.05) is 0 Å². The van der Waals surface area contributed by atoms with Crippen LogP contribution in [0.15, 0.2) is 42.5 Å². The molecule has 3 aromatic rings. The lowest BCUT2D eigenvalue weighted by molar-refractivity contribution is -0.190. The van der Waals surface area contributed by atoms with E-state index in [4.69, 9.17) is 27.9 Å². The molecule has 0 aliphatic rings. The molecule has 9 heteroatoms. The van der Waals surface area contributed by atoms with E-state index in [9.17, 15) is 23.1 Å². The third-order valence-corrected chi connectivity index (χ3v) is 4.46. The fourth-order valence-corrected chi connectivity index (χ4v) is 3.04. The van der Waals surface area contributed by atoms with Crippen LogP contribution in [0.25, 0.3) is 22.0 Å². The lowest BCUT2D eigenvalue weighted by Crippen LogP contribution is -2.32. The molecule has 2 aromatic carbocycles. The van der Waals surface area contributed by atoms with Crippen molar-refractivity contribution in [3.8, 4) is 17.0 Å². The first-order chi connectivity index (χ1) is 13.1. The number of ether oxygens (including phenoxy) is 1. The molecule has 3 rings (SSSR count). The summed E-state index contributed by atoms with van der Waals surface area (Å²) in [6.45, 7) is 0.776. The van der Waals surface area contributed by atoms with E-state index in [1.165, 1.54) is 24.3 Å². The smallest absolute Gasteiger partial charge is 0.425 e. The molecule has 1 heterocycles. The van der Waals surface area contributed by atoms with Crippen LogP contribution in [-0.2, 0) is 0 Å². The van der Waals surface area contributed by atoms with Crippen molar-refractivity contribution in [3.63, 3.8) is 0 Å². The molecule has 1 unspecified atom stereocenters. The highest BCUT2D eigenvalue weighted by Crippen LogP contribution is 2.39. The van der Waals surface area contributed by atoms with E-state index < -0.39 is 29.7 Å². The van der Waals surface area contributed by atoms with E-state index in [0.29, 0.717) is 21.0 Å². The van der Waals surface area contributed by atoms with Crippen molar-refractivity contribution in [2.45, 2.75) is 19.2 Å². The third-order valence-electron chi connectivity index (χ3n) is 3.99. The zero-order chi connectivity index (χ0) is 20.6. The summed E-state index contributed by atoms with van der Waals surface area (Å²) in [7, 11) is 0. The molecule has 146 valence electrons. The first-order valence-electron chi connectivity index (χ1n) is 7.94. The average Bonchev–Trinajstić information content (AvgIpc) is 2.59. The number of aromatic nitrogens is 1. The predicted octanol–water partition coefficient (Wildman–Crippen LogP) is 6.24. The number of benzene rings is 2. The van der Waals surface area contributed by atoms with E-state index >= 15 is 0 Å². The van der Waals surface area contributed by atoms with Gasteiger partial charge in [0.05, 0.1) is 5.52 Å². The topological polar surface area (TPSA) is 59.4 Å². The van der Waals surface area contributed by atoms with Gasteiger partial charge in [0.2, 0.25) is 5.88 Å². The molecule has 0 aliphatic carbocycles. The number of fused-ring (bicyclic) bond motifs is 1. The van der Waals surface area contributed by atoms with Crippen LogP contribution in [0.1, 0.15) is 17.3 Å². The SMILES string of the molecule is CC(Oc1nc2ccc(Cl)cc2c(-c2cccc(Cl)c2)c1C(=O)O)C(F)(F)F. The van der Waals surface area contributed by atoms with Crippen LogP contribution in [-0.4, -0.2) is 28.3 Å². The molecule has 0 aliphatic heterocycles. The summed E-state index contributed by atoms with van der Waals surface area (Å²) < 4.78 is 43.8. The fourth-order valence-electron chi connectivity index (χ4n) is 2.67. The average molecular weight is 430 g/mol. The zero-order valence-corrected chi connectivity index (χ0v) is 15.7. The summed E-state index contributed by atoms with van der Waals surface area (Å²) in [5, 5.41) is 10.7. The monoisotopic (exact) mass is 429 g/mol. The van der Waals surface area contributed by atoms with E-state index in [-0.39, 0.29) is 11.1 Å². The lowest BCUT2D eigenvalue weighted by Gasteiger charge is -2.20. The molecule has 1 aromatic heterocycles. The van der Waals surface area contributed by atoms with E-state index in [1.807, 2.05) is 0 Å². The van der Waals surface area contributed by atoms with Crippen LogP contribution in [0, 0.1) is 0 Å². The molecule has 0 saturated heterocycles. The highest BCUT2D eigenvalue weighted by atomic mass is 35.5. The summed E-state index contributed by atoms with van der Waals surface area (Å²) in [6, 6.07) is 10.7. The summed E-state index contributed by atoms with van der Waals surface area (Å²) in [6.07, 6.45) is -6.95. The van der Waals surface area contributed by atoms with E-state index in [1.54, 1.807) is 18.2 Å². The number of rotatable bonds is 4. The number of halogens is 5. The molecular formula is C19H12Cl2F3NO3. The minimum Gasteiger partial charge on any atom is -0.477 e. The molecule has 28 heavy (non-hydrogen) atoms. The molecule has 0 bridgehead atoms. The van der Waals surface area contributed by atoms with Gasteiger partial charge in [-0.3, -0.25) is 0 Å². The molecule has 0 radical (unpaired) electrons. The number of aromatic carboxylic acids is 1. The van der Waals surface area contributed by atoms with Crippen molar-refractivity contribution >= 4 is 40.1 Å². The highest BCUT2D eigenvalue weighted by molar-refractivity contribution is 6.32. The Morgan fingerprint density at radius 2 is 1.82 bits per heavy atom. The predicted molar refractivity (Wildman–Crippen MR) is 100 cm³/mol. The Kier molecular flexibility index (Phi) is 5.41. The normalized spacial score (nSPS) is 12.8. The fraction of sp³-hybridized carbons (Fsp3) is 0.158. The summed E-state index contributed by atoms with van der Waals surface area (Å²) in [5.74, 6) is -2.13. The van der Waals surface area contributed by atoms with Gasteiger partial charge in [-0.25, -0.2) is 9.78 Å². The van der Waals surface area contributed by atoms with Gasteiger partial charge in [0.1, 0.15) is 5.56 Å². The maximum Gasteiger partial charge on any atom is 0.425 e. The number of hydrogen-bond donors (Lipinski definition) is 1. The summed E-state index contributed by atoms with van der Waals surface area (Å²) in [5.41, 5.74) is 0.220. The molecule has 1 N–H and O–H groups in total. The molecule has 1 atom stereocenters. The van der Waals surface area contributed by atoms with Gasteiger partial charge in [0.25, 0.3) is 0 Å². The van der Waals surface area contributed by atoms with Crippen LogP contribution in [0.4, 0.5) is 13.2 Å². The maximum absolute atomic E-state index is 13.0. The molecule has 0 saturated carbocycles. The van der Waals surface area contributed by atoms with Gasteiger partial charge < -0.3 is 9.84 Å². The van der Waals surface area contributed by atoms with Crippen LogP contribution in [0.5, 0.6) is 5.88 Å². The largest absolute Gasteiger partial charge is 0.477 e. The summed E-state index contributed by atoms with van der Waals surface area (Å²) in [4.78, 5) is 16.0. The van der Waals surface area contributed by atoms with Gasteiger partial charge in [-0.15, -0.1) is 0 Å². The van der Waals surface area contributed by atoms with Crippen molar-refractivity contribution in [2.24, 2.45) is 0 Å². The van der Waals surface area contributed by atoms with Crippen LogP contribution >= 0.6 is 23.2 Å². The Balaban J connectivity index is 2.38. The van der Waals surface area contributed by atoms with Gasteiger partial charge in [-0.2, -0.15) is 13.2 Å². The second-order valence-electron chi connectivity index (χ2n) is 5.95. The number of carboxylic acid groups (broad SMARTS) is 1. The lowest BCUT2D eigenvalue weighted by atomic mass is 9.96. The van der Waals surface area contributed by atoms with Crippen molar-refractivity contribution in [1.82, 2.24) is 4.98 Å². The number of pyridine rings is 1. The Morgan fingerprint density at radius 3 is 2.43 bits per heavy atom. The second kappa shape index (κ2) is 7.48. The molecular weight excluding hydrogens is 418 g/mol. The highest BCUT2D eigenvalue weighted by Gasteiger charge is 2.39. The van der Waals surface area contributed by atoms with Gasteiger partial charge in [-0.1, -0.05) is 35.3 Å². The molecule has 0 amide bonds. The first kappa shape index (κ1) is 20.2. The standard InChI is InChI=1S/C19H12Cl2F3NO3/c1-9(19(22,23)24)28-17-16(18(26)27)15(10-3-2-4-11(20)7-10)13-8-12(21)5-6-14(13)25-17/h2-9H,1H3,(H,26,27). The minimum atomic E-state index is -4.69. The molecule has 4 nitrogen and oxygen atoms in total. The second-order valence-corrected chi connectivity index (χ2v) is 6.82. The van der Waals surface area contributed by atoms with Crippen molar-refractivity contribution in [3.05, 3.63) is 58.1 Å². The Labute approximate surface area is 167 Å². The van der Waals surface area contributed by atoms with Gasteiger partial charge >= 0.3 is 12.1 Å². The Morgan fingerprint density at radius 1 is 1.14 bits per heavy atom. The Hall–Kier alpha value is -2.51. The maximum atomic E-state index is 13.0. The number of carboxylic acids is 1. The first-order valence-corrected chi connectivity index (χ1v) is 8.69. The van der Waals surface area contributed by atoms with Gasteiger partial charge in [-0.05, 0) is 42.8 Å². The number of hydrogen-bond acceptors (Lipinski definition) is 3. The van der Waals surface area contributed by atoms with Crippen molar-refractivity contribution < 1.29 is 27.8 Å². The number of alkyl halides is 3. The number of carbonyl (C=O) groups is 1. The van der Waals surface area contributed by atoms with Crippen LogP contribution in [0.2, 0.25) is 10.0 Å². The molecule has 0 fully saturated rings. The van der Waals surface area contributed by atoms with Crippen LogP contribution < -0.4 is 4.74 Å².